The van der Waals surface area contributed by atoms with Crippen LogP contribution in [0.2, 0.25) is 0 Å². The van der Waals surface area contributed by atoms with Gasteiger partial charge in [-0.25, -0.2) is 4.98 Å². The van der Waals surface area contributed by atoms with E-state index in [1.54, 1.807) is 11.3 Å². The number of thiazole rings is 1. The molecule has 24 heavy (non-hydrogen) atoms. The van der Waals surface area contributed by atoms with Crippen molar-refractivity contribution in [2.75, 3.05) is 5.32 Å². The molecule has 0 saturated carbocycles. The zero-order valence-corrected chi connectivity index (χ0v) is 15.1. The minimum absolute atomic E-state index is 0.0418. The monoisotopic (exact) mass is 364 g/mol. The van der Waals surface area contributed by atoms with Gasteiger partial charge in [0.05, 0.1) is 12.1 Å². The number of hydrogen-bond acceptors (Lipinski definition) is 5. The predicted octanol–water partition coefficient (Wildman–Crippen LogP) is 3.92. The summed E-state index contributed by atoms with van der Waals surface area (Å²) in [6.07, 6.45) is 3.26. The average Bonchev–Trinajstić information content (AvgIpc) is 3.14. The number of fused-ring (bicyclic) bond motifs is 1. The van der Waals surface area contributed by atoms with Crippen LogP contribution >= 0.6 is 22.7 Å². The van der Waals surface area contributed by atoms with Crippen molar-refractivity contribution in [3.05, 3.63) is 33.0 Å². The zero-order valence-electron chi connectivity index (χ0n) is 13.4. The normalized spacial score (nSPS) is 18.0. The highest BCUT2D eigenvalue weighted by Crippen LogP contribution is 2.33. The summed E-state index contributed by atoms with van der Waals surface area (Å²) in [5, 5.41) is 14.5. The van der Waals surface area contributed by atoms with E-state index in [0.717, 1.165) is 29.8 Å². The van der Waals surface area contributed by atoms with E-state index >= 15 is 0 Å². The van der Waals surface area contributed by atoms with Crippen LogP contribution in [0, 0.1) is 5.92 Å². The molecule has 2 unspecified atom stereocenters. The van der Waals surface area contributed by atoms with Gasteiger partial charge in [-0.3, -0.25) is 9.59 Å². The van der Waals surface area contributed by atoms with Crippen molar-refractivity contribution in [2.24, 2.45) is 5.92 Å². The molecule has 2 atom stereocenters. The Kier molecular flexibility index (Phi) is 5.30. The fraction of sp³-hybridized carbons (Fsp3) is 0.471. The quantitative estimate of drug-likeness (QED) is 0.814. The number of carboxylic acid groups (broad SMARTS) is 1. The number of carbonyl (C=O) groups excluding carboxylic acids is 1. The lowest BCUT2D eigenvalue weighted by atomic mass is 9.93. The number of rotatable bonds is 6. The summed E-state index contributed by atoms with van der Waals surface area (Å²) in [6.45, 7) is 2.23. The minimum Gasteiger partial charge on any atom is -0.481 e. The molecule has 0 fully saturated rings. The lowest BCUT2D eigenvalue weighted by Crippen LogP contribution is -2.17. The Hall–Kier alpha value is -1.73. The second-order valence-corrected chi connectivity index (χ2v) is 8.36. The largest absolute Gasteiger partial charge is 0.481 e. The van der Waals surface area contributed by atoms with Crippen LogP contribution in [0.25, 0.3) is 0 Å². The molecule has 2 N–H and O–H groups in total. The maximum Gasteiger partial charge on any atom is 0.304 e. The molecule has 2 aromatic rings. The van der Waals surface area contributed by atoms with Crippen molar-refractivity contribution in [1.82, 2.24) is 4.98 Å². The second-order valence-electron chi connectivity index (χ2n) is 6.30. The molecule has 1 amide bonds. The number of hydrogen-bond donors (Lipinski definition) is 2. The first kappa shape index (κ1) is 17.1. The first-order chi connectivity index (χ1) is 11.5. The molecule has 2 heterocycles. The van der Waals surface area contributed by atoms with Crippen LogP contribution in [0.4, 0.5) is 5.13 Å². The number of carboxylic acids is 1. The standard InChI is InChI=1S/C17H20N2O3S2/c1-10-4-5-12-14(7-10)24-17(18-12)19-15(20)8-11(9-16(21)22)13-3-2-6-23-13/h2-3,6,10-11H,4-5,7-9H2,1H3,(H,21,22)(H,18,19,20). The first-order valence-electron chi connectivity index (χ1n) is 8.05. The van der Waals surface area contributed by atoms with E-state index in [2.05, 4.69) is 17.2 Å². The summed E-state index contributed by atoms with van der Waals surface area (Å²) in [6, 6.07) is 3.76. The van der Waals surface area contributed by atoms with E-state index in [-0.39, 0.29) is 24.7 Å². The molecule has 0 saturated heterocycles. The molecular formula is C17H20N2O3S2. The van der Waals surface area contributed by atoms with E-state index < -0.39 is 5.97 Å². The van der Waals surface area contributed by atoms with Crippen LogP contribution in [0.1, 0.15) is 47.6 Å². The van der Waals surface area contributed by atoms with Crippen LogP contribution in [-0.2, 0) is 22.4 Å². The Morgan fingerprint density at radius 2 is 2.29 bits per heavy atom. The van der Waals surface area contributed by atoms with E-state index in [1.807, 2.05) is 17.5 Å². The van der Waals surface area contributed by atoms with Crippen molar-refractivity contribution in [1.29, 1.82) is 0 Å². The summed E-state index contributed by atoms with van der Waals surface area (Å²) in [7, 11) is 0. The average molecular weight is 364 g/mol. The molecule has 0 aromatic carbocycles. The van der Waals surface area contributed by atoms with Gasteiger partial charge < -0.3 is 10.4 Å². The molecule has 7 heteroatoms. The number of thiophene rings is 1. The van der Waals surface area contributed by atoms with Crippen molar-refractivity contribution in [3.8, 4) is 0 Å². The van der Waals surface area contributed by atoms with Crippen LogP contribution < -0.4 is 5.32 Å². The molecule has 3 rings (SSSR count). The summed E-state index contributed by atoms with van der Waals surface area (Å²) >= 11 is 3.04. The third-order valence-electron chi connectivity index (χ3n) is 4.23. The summed E-state index contributed by atoms with van der Waals surface area (Å²) in [5.74, 6) is -0.689. The van der Waals surface area contributed by atoms with Crippen molar-refractivity contribution in [3.63, 3.8) is 0 Å². The molecule has 128 valence electrons. The lowest BCUT2D eigenvalue weighted by Gasteiger charge is -2.15. The Balaban J connectivity index is 1.65. The fourth-order valence-electron chi connectivity index (χ4n) is 3.00. The second kappa shape index (κ2) is 7.44. The number of amides is 1. The van der Waals surface area contributed by atoms with E-state index in [0.29, 0.717) is 11.0 Å². The molecule has 0 spiro atoms. The number of nitrogens with zero attached hydrogens (tertiary/aromatic N) is 1. The molecular weight excluding hydrogens is 344 g/mol. The Morgan fingerprint density at radius 3 is 3.00 bits per heavy atom. The molecule has 0 bridgehead atoms. The molecule has 5 nitrogen and oxygen atoms in total. The van der Waals surface area contributed by atoms with Gasteiger partial charge in [-0.05, 0) is 36.6 Å². The smallest absolute Gasteiger partial charge is 0.304 e. The Bertz CT molecular complexity index is 724. The highest BCUT2D eigenvalue weighted by molar-refractivity contribution is 7.15. The number of aryl methyl sites for hydroxylation is 1. The topological polar surface area (TPSA) is 79.3 Å². The van der Waals surface area contributed by atoms with Gasteiger partial charge in [-0.15, -0.1) is 22.7 Å². The number of aromatic nitrogens is 1. The number of carbonyl (C=O) groups is 2. The summed E-state index contributed by atoms with van der Waals surface area (Å²) < 4.78 is 0. The highest BCUT2D eigenvalue weighted by Gasteiger charge is 2.23. The van der Waals surface area contributed by atoms with Crippen molar-refractivity contribution in [2.45, 2.75) is 44.9 Å². The molecule has 1 aliphatic carbocycles. The van der Waals surface area contributed by atoms with Crippen molar-refractivity contribution >= 4 is 39.7 Å². The molecule has 2 aromatic heterocycles. The van der Waals surface area contributed by atoms with E-state index in [4.69, 9.17) is 5.11 Å². The van der Waals surface area contributed by atoms with Crippen LogP contribution in [-0.4, -0.2) is 22.0 Å². The predicted molar refractivity (Wildman–Crippen MR) is 95.9 cm³/mol. The van der Waals surface area contributed by atoms with Gasteiger partial charge in [0, 0.05) is 22.1 Å². The van der Waals surface area contributed by atoms with Crippen LogP contribution in [0.15, 0.2) is 17.5 Å². The lowest BCUT2D eigenvalue weighted by molar-refractivity contribution is -0.137. The number of anilines is 1. The maximum atomic E-state index is 12.3. The minimum atomic E-state index is -0.889. The molecule has 0 aliphatic heterocycles. The van der Waals surface area contributed by atoms with Gasteiger partial charge in [0.2, 0.25) is 5.91 Å². The van der Waals surface area contributed by atoms with E-state index in [1.165, 1.54) is 16.2 Å². The van der Waals surface area contributed by atoms with Gasteiger partial charge in [-0.2, -0.15) is 0 Å². The van der Waals surface area contributed by atoms with E-state index in [9.17, 15) is 9.59 Å². The van der Waals surface area contributed by atoms with Gasteiger partial charge in [-0.1, -0.05) is 13.0 Å². The maximum absolute atomic E-state index is 12.3. The highest BCUT2D eigenvalue weighted by atomic mass is 32.1. The van der Waals surface area contributed by atoms with Crippen molar-refractivity contribution < 1.29 is 14.7 Å². The Labute approximate surface area is 148 Å². The van der Waals surface area contributed by atoms with Gasteiger partial charge >= 0.3 is 5.97 Å². The number of nitrogens with one attached hydrogen (secondary N) is 1. The summed E-state index contributed by atoms with van der Waals surface area (Å²) in [4.78, 5) is 30.1. The summed E-state index contributed by atoms with van der Waals surface area (Å²) in [5.41, 5.74) is 1.11. The first-order valence-corrected chi connectivity index (χ1v) is 9.74. The Morgan fingerprint density at radius 1 is 1.46 bits per heavy atom. The van der Waals surface area contributed by atoms with Crippen LogP contribution in [0.3, 0.4) is 0 Å². The zero-order chi connectivity index (χ0) is 17.1. The third kappa shape index (κ3) is 4.21. The molecule has 0 radical (unpaired) electrons. The van der Waals surface area contributed by atoms with Gasteiger partial charge in [0.25, 0.3) is 0 Å². The SMILES string of the molecule is CC1CCc2nc(NC(=O)CC(CC(=O)O)c3cccs3)sc2C1. The third-order valence-corrected chi connectivity index (χ3v) is 6.30. The van der Waals surface area contributed by atoms with Gasteiger partial charge in [0.15, 0.2) is 5.13 Å². The molecule has 1 aliphatic rings. The number of aliphatic carboxylic acids is 1. The van der Waals surface area contributed by atoms with Gasteiger partial charge in [0.1, 0.15) is 0 Å². The fourth-order valence-corrected chi connectivity index (χ4v) is 5.01. The van der Waals surface area contributed by atoms with Crippen LogP contribution in [0.5, 0.6) is 0 Å².